The van der Waals surface area contributed by atoms with E-state index in [0.29, 0.717) is 11.3 Å². The highest BCUT2D eigenvalue weighted by molar-refractivity contribution is 5.87. The zero-order valence-electron chi connectivity index (χ0n) is 9.20. The Balaban J connectivity index is 2.31. The Morgan fingerprint density at radius 2 is 1.81 bits per heavy atom. The second-order valence-electron chi connectivity index (χ2n) is 4.79. The lowest BCUT2D eigenvalue weighted by molar-refractivity contribution is 0.634. The van der Waals surface area contributed by atoms with Crippen LogP contribution in [0.5, 0.6) is 0 Å². The highest BCUT2D eigenvalue weighted by Crippen LogP contribution is 2.51. The van der Waals surface area contributed by atoms with Crippen molar-refractivity contribution in [3.8, 4) is 0 Å². The fourth-order valence-corrected chi connectivity index (χ4v) is 2.49. The summed E-state index contributed by atoms with van der Waals surface area (Å²) in [5, 5.41) is 1.62. The van der Waals surface area contributed by atoms with E-state index in [4.69, 9.17) is 5.73 Å². The standard InChI is InChI=1S/C14H14FN/c1-9-8-14(9,16)12-6-7-13(15)11-5-3-2-4-10(11)12/h2-7,9H,8,16H2,1H3. The molecular weight excluding hydrogens is 201 g/mol. The van der Waals surface area contributed by atoms with Gasteiger partial charge < -0.3 is 5.73 Å². The number of hydrogen-bond acceptors (Lipinski definition) is 1. The van der Waals surface area contributed by atoms with Crippen LogP contribution < -0.4 is 5.73 Å². The number of hydrogen-bond donors (Lipinski definition) is 1. The van der Waals surface area contributed by atoms with Gasteiger partial charge in [0.15, 0.2) is 0 Å². The molecule has 0 bridgehead atoms. The maximum absolute atomic E-state index is 13.6. The summed E-state index contributed by atoms with van der Waals surface area (Å²) in [5.41, 5.74) is 7.14. The van der Waals surface area contributed by atoms with Crippen molar-refractivity contribution in [3.63, 3.8) is 0 Å². The van der Waals surface area contributed by atoms with Gasteiger partial charge in [0.25, 0.3) is 0 Å². The van der Waals surface area contributed by atoms with Crippen LogP contribution in [0.25, 0.3) is 10.8 Å². The van der Waals surface area contributed by atoms with Crippen LogP contribution in [0.15, 0.2) is 36.4 Å². The molecule has 2 unspecified atom stereocenters. The Hall–Kier alpha value is -1.41. The molecule has 16 heavy (non-hydrogen) atoms. The Morgan fingerprint density at radius 3 is 2.44 bits per heavy atom. The number of halogens is 1. The normalized spacial score (nSPS) is 28.3. The molecule has 1 aliphatic carbocycles. The summed E-state index contributed by atoms with van der Waals surface area (Å²) in [6, 6.07) is 10.9. The van der Waals surface area contributed by atoms with E-state index in [9.17, 15) is 4.39 Å². The van der Waals surface area contributed by atoms with E-state index in [1.807, 2.05) is 30.3 Å². The Kier molecular flexibility index (Phi) is 1.86. The van der Waals surface area contributed by atoms with E-state index in [2.05, 4.69) is 6.92 Å². The van der Waals surface area contributed by atoms with Gasteiger partial charge in [0, 0.05) is 10.9 Å². The summed E-state index contributed by atoms with van der Waals surface area (Å²) in [7, 11) is 0. The van der Waals surface area contributed by atoms with E-state index in [1.165, 1.54) is 6.07 Å². The molecule has 1 fully saturated rings. The fraction of sp³-hybridized carbons (Fsp3) is 0.286. The van der Waals surface area contributed by atoms with Crippen molar-refractivity contribution >= 4 is 10.8 Å². The van der Waals surface area contributed by atoms with Gasteiger partial charge >= 0.3 is 0 Å². The predicted octanol–water partition coefficient (Wildman–Crippen LogP) is 3.17. The molecule has 2 aromatic rings. The number of benzene rings is 2. The summed E-state index contributed by atoms with van der Waals surface area (Å²) in [4.78, 5) is 0. The molecule has 0 amide bonds. The van der Waals surface area contributed by atoms with Crippen molar-refractivity contribution in [1.29, 1.82) is 0 Å². The van der Waals surface area contributed by atoms with Crippen molar-refractivity contribution in [2.75, 3.05) is 0 Å². The summed E-state index contributed by atoms with van der Waals surface area (Å²) >= 11 is 0. The average Bonchev–Trinajstić information content (AvgIpc) is 2.88. The molecule has 82 valence electrons. The van der Waals surface area contributed by atoms with Crippen molar-refractivity contribution in [1.82, 2.24) is 0 Å². The second-order valence-corrected chi connectivity index (χ2v) is 4.79. The topological polar surface area (TPSA) is 26.0 Å². The molecule has 0 saturated heterocycles. The van der Waals surface area contributed by atoms with Gasteiger partial charge in [-0.2, -0.15) is 0 Å². The first-order valence-corrected chi connectivity index (χ1v) is 5.59. The molecule has 0 radical (unpaired) electrons. The molecule has 3 rings (SSSR count). The molecule has 1 aliphatic rings. The molecule has 2 aromatic carbocycles. The van der Waals surface area contributed by atoms with Gasteiger partial charge in [-0.1, -0.05) is 37.3 Å². The summed E-state index contributed by atoms with van der Waals surface area (Å²) in [6.45, 7) is 2.14. The highest BCUT2D eigenvalue weighted by Gasteiger charge is 2.49. The first-order valence-electron chi connectivity index (χ1n) is 5.59. The largest absolute Gasteiger partial charge is 0.321 e. The number of rotatable bonds is 1. The lowest BCUT2D eigenvalue weighted by Crippen LogP contribution is -2.21. The second kappa shape index (κ2) is 3.05. The predicted molar refractivity (Wildman–Crippen MR) is 63.6 cm³/mol. The van der Waals surface area contributed by atoms with Crippen molar-refractivity contribution in [2.45, 2.75) is 18.9 Å². The minimum Gasteiger partial charge on any atom is -0.321 e. The van der Waals surface area contributed by atoms with Crippen LogP contribution in [-0.4, -0.2) is 0 Å². The van der Waals surface area contributed by atoms with Crippen molar-refractivity contribution in [3.05, 3.63) is 47.8 Å². The van der Waals surface area contributed by atoms with Gasteiger partial charge in [0.05, 0.1) is 0 Å². The third-order valence-electron chi connectivity index (χ3n) is 3.74. The van der Waals surface area contributed by atoms with E-state index >= 15 is 0 Å². The molecule has 1 nitrogen and oxygen atoms in total. The molecule has 0 spiro atoms. The highest BCUT2D eigenvalue weighted by atomic mass is 19.1. The molecule has 2 heteroatoms. The third-order valence-corrected chi connectivity index (χ3v) is 3.74. The minimum absolute atomic E-state index is 0.170. The van der Waals surface area contributed by atoms with Crippen LogP contribution in [-0.2, 0) is 5.54 Å². The zero-order valence-corrected chi connectivity index (χ0v) is 9.20. The van der Waals surface area contributed by atoms with Crippen LogP contribution in [0.2, 0.25) is 0 Å². The smallest absolute Gasteiger partial charge is 0.131 e. The third kappa shape index (κ3) is 1.20. The van der Waals surface area contributed by atoms with Crippen molar-refractivity contribution in [2.24, 2.45) is 11.7 Å². The van der Waals surface area contributed by atoms with Crippen LogP contribution in [0.4, 0.5) is 4.39 Å². The molecule has 2 N–H and O–H groups in total. The maximum Gasteiger partial charge on any atom is 0.131 e. The molecular formula is C14H14FN. The fourth-order valence-electron chi connectivity index (χ4n) is 2.49. The van der Waals surface area contributed by atoms with E-state index < -0.39 is 0 Å². The van der Waals surface area contributed by atoms with E-state index in [0.717, 1.165) is 17.4 Å². The van der Waals surface area contributed by atoms with Gasteiger partial charge in [-0.15, -0.1) is 0 Å². The maximum atomic E-state index is 13.6. The molecule has 2 atom stereocenters. The minimum atomic E-state index is -0.243. The Bertz CT molecular complexity index is 564. The van der Waals surface area contributed by atoms with Crippen LogP contribution >= 0.6 is 0 Å². The lowest BCUT2D eigenvalue weighted by Gasteiger charge is -2.14. The molecule has 0 aliphatic heterocycles. The number of fused-ring (bicyclic) bond motifs is 1. The summed E-state index contributed by atoms with van der Waals surface area (Å²) in [5.74, 6) is 0.317. The van der Waals surface area contributed by atoms with Gasteiger partial charge in [-0.05, 0) is 29.4 Å². The summed E-state index contributed by atoms with van der Waals surface area (Å²) in [6.07, 6.45) is 0.989. The molecule has 0 heterocycles. The number of nitrogens with two attached hydrogens (primary N) is 1. The summed E-state index contributed by atoms with van der Waals surface area (Å²) < 4.78 is 13.6. The Labute approximate surface area is 94.1 Å². The molecule has 1 saturated carbocycles. The van der Waals surface area contributed by atoms with Gasteiger partial charge in [0.1, 0.15) is 5.82 Å². The van der Waals surface area contributed by atoms with Gasteiger partial charge in [-0.25, -0.2) is 4.39 Å². The zero-order chi connectivity index (χ0) is 11.3. The monoisotopic (exact) mass is 215 g/mol. The first kappa shape index (κ1) is 9.79. The van der Waals surface area contributed by atoms with Crippen LogP contribution in [0, 0.1) is 11.7 Å². The average molecular weight is 215 g/mol. The van der Waals surface area contributed by atoms with Crippen molar-refractivity contribution < 1.29 is 4.39 Å². The first-order chi connectivity index (χ1) is 7.63. The SMILES string of the molecule is CC1CC1(N)c1ccc(F)c2ccccc12. The lowest BCUT2D eigenvalue weighted by atomic mass is 9.96. The Morgan fingerprint density at radius 1 is 1.19 bits per heavy atom. The quantitative estimate of drug-likeness (QED) is 0.776. The van der Waals surface area contributed by atoms with E-state index in [1.54, 1.807) is 0 Å². The van der Waals surface area contributed by atoms with Gasteiger partial charge in [-0.3, -0.25) is 0 Å². The van der Waals surface area contributed by atoms with Gasteiger partial charge in [0.2, 0.25) is 0 Å². The van der Waals surface area contributed by atoms with Crippen LogP contribution in [0.3, 0.4) is 0 Å². The van der Waals surface area contributed by atoms with E-state index in [-0.39, 0.29) is 11.4 Å². The molecule has 0 aromatic heterocycles. The van der Waals surface area contributed by atoms with Crippen LogP contribution in [0.1, 0.15) is 18.9 Å².